The van der Waals surface area contributed by atoms with Gasteiger partial charge in [-0.3, -0.25) is 4.98 Å². The van der Waals surface area contributed by atoms with E-state index in [1.165, 1.54) is 0 Å². The van der Waals surface area contributed by atoms with Gasteiger partial charge in [0.05, 0.1) is 17.6 Å². The Kier molecular flexibility index (Phi) is 4.52. The second-order valence-corrected chi connectivity index (χ2v) is 5.18. The van der Waals surface area contributed by atoms with Gasteiger partial charge in [0.1, 0.15) is 0 Å². The Hall–Kier alpha value is -1.09. The van der Waals surface area contributed by atoms with Crippen LogP contribution >= 0.6 is 0 Å². The van der Waals surface area contributed by atoms with Crippen LogP contribution in [0.25, 0.3) is 0 Å². The molecule has 0 aliphatic rings. The van der Waals surface area contributed by atoms with E-state index in [0.717, 1.165) is 24.2 Å². The number of pyridine rings is 1. The first-order valence-corrected chi connectivity index (χ1v) is 6.37. The van der Waals surface area contributed by atoms with Gasteiger partial charge in [-0.15, -0.1) is 0 Å². The van der Waals surface area contributed by atoms with E-state index in [1.54, 1.807) is 0 Å². The van der Waals surface area contributed by atoms with E-state index in [2.05, 4.69) is 50.7 Å². The summed E-state index contributed by atoms with van der Waals surface area (Å²) < 4.78 is 0. The smallest absolute Gasteiger partial charge is 0.0572 e. The molecule has 0 aliphatic heterocycles. The minimum absolute atomic E-state index is 0.0496. The van der Waals surface area contributed by atoms with Crippen molar-refractivity contribution in [2.24, 2.45) is 5.73 Å². The Balaban J connectivity index is 2.88. The molecule has 1 rings (SSSR count). The van der Waals surface area contributed by atoms with Gasteiger partial charge in [-0.05, 0) is 38.8 Å². The molecule has 0 saturated heterocycles. The van der Waals surface area contributed by atoms with Gasteiger partial charge in [0.25, 0.3) is 0 Å². The van der Waals surface area contributed by atoms with E-state index < -0.39 is 0 Å². The first-order chi connectivity index (χ1) is 7.92. The second-order valence-electron chi connectivity index (χ2n) is 5.18. The lowest BCUT2D eigenvalue weighted by molar-refractivity contribution is 0.470. The molecule has 1 aromatic heterocycles. The Morgan fingerprint density at radius 2 is 2.00 bits per heavy atom. The predicted octanol–water partition coefficient (Wildman–Crippen LogP) is 3.12. The first kappa shape index (κ1) is 14.0. The molecule has 0 aliphatic carbocycles. The van der Waals surface area contributed by atoms with E-state index in [0.29, 0.717) is 0 Å². The topological polar surface area (TPSA) is 42.1 Å². The lowest BCUT2D eigenvalue weighted by atomic mass is 9.99. The molecule has 2 N–H and O–H groups in total. The van der Waals surface area contributed by atoms with Gasteiger partial charge in [0.2, 0.25) is 0 Å². The third-order valence-electron chi connectivity index (χ3n) is 3.75. The minimum atomic E-state index is 0.0496. The average molecular weight is 235 g/mol. The summed E-state index contributed by atoms with van der Waals surface area (Å²) in [4.78, 5) is 6.72. The number of nitrogens with zero attached hydrogens (tertiary/aromatic N) is 2. The molecule has 0 saturated carbocycles. The minimum Gasteiger partial charge on any atom is -0.368 e. The van der Waals surface area contributed by atoms with E-state index >= 15 is 0 Å². The molecule has 3 nitrogen and oxygen atoms in total. The van der Waals surface area contributed by atoms with Crippen LogP contribution in [0, 0.1) is 0 Å². The van der Waals surface area contributed by atoms with Gasteiger partial charge < -0.3 is 10.6 Å². The highest BCUT2D eigenvalue weighted by Gasteiger charge is 2.21. The number of hydrogen-bond acceptors (Lipinski definition) is 3. The van der Waals surface area contributed by atoms with Crippen molar-refractivity contribution in [1.29, 1.82) is 0 Å². The van der Waals surface area contributed by atoms with Crippen LogP contribution in [0.3, 0.4) is 0 Å². The maximum atomic E-state index is 5.96. The lowest BCUT2D eigenvalue weighted by Gasteiger charge is -2.36. The molecular weight excluding hydrogens is 210 g/mol. The van der Waals surface area contributed by atoms with Crippen molar-refractivity contribution in [2.75, 3.05) is 11.9 Å². The van der Waals surface area contributed by atoms with Crippen molar-refractivity contribution in [1.82, 2.24) is 4.98 Å². The molecule has 0 bridgehead atoms. The molecule has 1 aromatic rings. The largest absolute Gasteiger partial charge is 0.368 e. The summed E-state index contributed by atoms with van der Waals surface area (Å²) in [6, 6.07) is 4.19. The van der Waals surface area contributed by atoms with Gasteiger partial charge in [-0.2, -0.15) is 0 Å². The summed E-state index contributed by atoms with van der Waals surface area (Å²) in [6.45, 7) is 8.75. The number of nitrogens with two attached hydrogens (primary N) is 1. The molecule has 1 heterocycles. The third-order valence-corrected chi connectivity index (χ3v) is 3.75. The lowest BCUT2D eigenvalue weighted by Crippen LogP contribution is -2.40. The maximum Gasteiger partial charge on any atom is 0.0572 e. The SMILES string of the molecule is CC[C@@H](N)c1ccc(N(C)C(C)(C)CC)cn1. The maximum absolute atomic E-state index is 5.96. The summed E-state index contributed by atoms with van der Waals surface area (Å²) in [5.41, 5.74) is 8.22. The molecule has 0 amide bonds. The van der Waals surface area contributed by atoms with Crippen molar-refractivity contribution in [3.05, 3.63) is 24.0 Å². The fraction of sp³-hybridized carbons (Fsp3) is 0.643. The standard InChI is InChI=1S/C14H25N3/c1-6-12(15)13-9-8-11(10-16-13)17(5)14(3,4)7-2/h8-10,12H,6-7,15H2,1-5H3/t12-/m1/s1. The second kappa shape index (κ2) is 5.50. The fourth-order valence-corrected chi connectivity index (χ4v) is 1.61. The molecule has 0 spiro atoms. The molecule has 0 fully saturated rings. The number of hydrogen-bond donors (Lipinski definition) is 1. The van der Waals surface area contributed by atoms with Crippen molar-refractivity contribution in [2.45, 2.75) is 52.1 Å². The van der Waals surface area contributed by atoms with E-state index in [1.807, 2.05) is 12.3 Å². The quantitative estimate of drug-likeness (QED) is 0.852. The van der Waals surface area contributed by atoms with Crippen molar-refractivity contribution < 1.29 is 0 Å². The van der Waals surface area contributed by atoms with Crippen LogP contribution in [0.5, 0.6) is 0 Å². The van der Waals surface area contributed by atoms with Gasteiger partial charge in [0, 0.05) is 18.6 Å². The molecule has 1 atom stereocenters. The van der Waals surface area contributed by atoms with E-state index in [-0.39, 0.29) is 11.6 Å². The van der Waals surface area contributed by atoms with Gasteiger partial charge in [-0.1, -0.05) is 13.8 Å². The third kappa shape index (κ3) is 3.19. The summed E-state index contributed by atoms with van der Waals surface area (Å²) in [5, 5.41) is 0. The van der Waals surface area contributed by atoms with E-state index in [9.17, 15) is 0 Å². The molecule has 17 heavy (non-hydrogen) atoms. The first-order valence-electron chi connectivity index (χ1n) is 6.37. The highest BCUT2D eigenvalue weighted by Crippen LogP contribution is 2.24. The number of anilines is 1. The Labute approximate surface area is 105 Å². The van der Waals surface area contributed by atoms with Crippen LogP contribution in [0.1, 0.15) is 52.3 Å². The summed E-state index contributed by atoms with van der Waals surface area (Å²) in [5.74, 6) is 0. The van der Waals surface area contributed by atoms with Crippen molar-refractivity contribution in [3.8, 4) is 0 Å². The summed E-state index contributed by atoms with van der Waals surface area (Å²) in [6.07, 6.45) is 3.94. The normalized spacial score (nSPS) is 13.5. The van der Waals surface area contributed by atoms with Crippen LogP contribution in [-0.2, 0) is 0 Å². The van der Waals surface area contributed by atoms with Crippen LogP contribution in [0.4, 0.5) is 5.69 Å². The zero-order valence-electron chi connectivity index (χ0n) is 11.7. The zero-order valence-corrected chi connectivity index (χ0v) is 11.7. The Morgan fingerprint density at radius 3 is 2.41 bits per heavy atom. The average Bonchev–Trinajstić information content (AvgIpc) is 2.37. The summed E-state index contributed by atoms with van der Waals surface area (Å²) in [7, 11) is 2.11. The number of rotatable bonds is 5. The molecule has 3 heteroatoms. The van der Waals surface area contributed by atoms with Gasteiger partial charge in [0.15, 0.2) is 0 Å². The fourth-order valence-electron chi connectivity index (χ4n) is 1.61. The highest BCUT2D eigenvalue weighted by atomic mass is 15.2. The Bertz CT molecular complexity index is 343. The van der Waals surface area contributed by atoms with Crippen LogP contribution in [-0.4, -0.2) is 17.6 Å². The van der Waals surface area contributed by atoms with E-state index in [4.69, 9.17) is 5.73 Å². The van der Waals surface area contributed by atoms with Crippen molar-refractivity contribution in [3.63, 3.8) is 0 Å². The molecular formula is C14H25N3. The molecule has 0 radical (unpaired) electrons. The van der Waals surface area contributed by atoms with Crippen molar-refractivity contribution >= 4 is 5.69 Å². The Morgan fingerprint density at radius 1 is 1.35 bits per heavy atom. The van der Waals surface area contributed by atoms with Gasteiger partial charge >= 0.3 is 0 Å². The van der Waals surface area contributed by atoms with Crippen LogP contribution in [0.15, 0.2) is 18.3 Å². The van der Waals surface area contributed by atoms with Gasteiger partial charge in [-0.25, -0.2) is 0 Å². The van der Waals surface area contributed by atoms with Crippen LogP contribution < -0.4 is 10.6 Å². The highest BCUT2D eigenvalue weighted by molar-refractivity contribution is 5.46. The number of aromatic nitrogens is 1. The zero-order chi connectivity index (χ0) is 13.1. The molecule has 96 valence electrons. The molecule has 0 unspecified atom stereocenters. The monoisotopic (exact) mass is 235 g/mol. The summed E-state index contributed by atoms with van der Waals surface area (Å²) >= 11 is 0. The molecule has 0 aromatic carbocycles. The van der Waals surface area contributed by atoms with Crippen LogP contribution in [0.2, 0.25) is 0 Å². The predicted molar refractivity (Wildman–Crippen MR) is 74.2 cm³/mol.